The Morgan fingerprint density at radius 3 is 2.77 bits per heavy atom. The highest BCUT2D eigenvalue weighted by molar-refractivity contribution is 5.92. The maximum Gasteiger partial charge on any atom is 0.414 e. The number of aliphatic hydroxyl groups excluding tert-OH is 1. The molecule has 1 saturated carbocycles. The van der Waals surface area contributed by atoms with E-state index in [1.165, 1.54) is 20.0 Å². The molecule has 8 heteroatoms. The minimum atomic E-state index is -0.373. The number of methoxy groups -OCH3 is 1. The number of carbonyl (C=O) groups excluding carboxylic acids is 1. The number of nitrogens with zero attached hydrogens (tertiary/aromatic N) is 3. The number of benzene rings is 1. The van der Waals surface area contributed by atoms with Crippen molar-refractivity contribution in [1.82, 2.24) is 9.78 Å². The summed E-state index contributed by atoms with van der Waals surface area (Å²) in [7, 11) is 1.41. The third-order valence-electron chi connectivity index (χ3n) is 6.63. The Balaban J connectivity index is 1.56. The van der Waals surface area contributed by atoms with Crippen LogP contribution in [0.1, 0.15) is 37.8 Å². The molecule has 1 amide bonds. The van der Waals surface area contributed by atoms with Crippen molar-refractivity contribution in [2.24, 2.45) is 5.41 Å². The Morgan fingerprint density at radius 1 is 1.32 bits per heavy atom. The van der Waals surface area contributed by atoms with Crippen LogP contribution in [0.5, 0.6) is 5.75 Å². The first kappa shape index (κ1) is 20.3. The van der Waals surface area contributed by atoms with Gasteiger partial charge in [0, 0.05) is 28.9 Å². The van der Waals surface area contributed by atoms with E-state index in [-0.39, 0.29) is 24.2 Å². The van der Waals surface area contributed by atoms with Crippen LogP contribution >= 0.6 is 0 Å². The van der Waals surface area contributed by atoms with E-state index in [1.54, 1.807) is 4.90 Å². The molecule has 5 rings (SSSR count). The van der Waals surface area contributed by atoms with Crippen LogP contribution in [0.4, 0.5) is 10.5 Å². The lowest BCUT2D eigenvalue weighted by Gasteiger charge is -2.40. The molecule has 166 valence electrons. The quantitative estimate of drug-likeness (QED) is 0.762. The predicted molar refractivity (Wildman–Crippen MR) is 114 cm³/mol. The molecule has 3 heterocycles. The molecule has 1 atom stereocenters. The van der Waals surface area contributed by atoms with Crippen LogP contribution < -0.4 is 9.64 Å². The molecule has 1 saturated heterocycles. The van der Waals surface area contributed by atoms with E-state index in [9.17, 15) is 9.90 Å². The molecule has 0 unspecified atom stereocenters. The molecule has 1 aromatic carbocycles. The first-order valence-corrected chi connectivity index (χ1v) is 10.9. The Hall–Kier alpha value is -2.58. The van der Waals surface area contributed by atoms with Gasteiger partial charge < -0.3 is 19.3 Å². The van der Waals surface area contributed by atoms with Crippen molar-refractivity contribution >= 4 is 11.8 Å². The largest absolute Gasteiger partial charge is 0.492 e. The summed E-state index contributed by atoms with van der Waals surface area (Å²) in [6.45, 7) is 3.37. The van der Waals surface area contributed by atoms with Gasteiger partial charge in [-0.15, -0.1) is 0 Å². The average Bonchev–Trinajstić information content (AvgIpc) is 3.49. The first-order chi connectivity index (χ1) is 15.0. The van der Waals surface area contributed by atoms with Gasteiger partial charge in [0.1, 0.15) is 12.4 Å². The molecule has 2 fully saturated rings. The molecule has 1 aliphatic carbocycles. The second kappa shape index (κ2) is 7.84. The molecule has 31 heavy (non-hydrogen) atoms. The summed E-state index contributed by atoms with van der Waals surface area (Å²) in [5.74, 6) is 0.758. The maximum atomic E-state index is 12.5. The second-order valence-electron chi connectivity index (χ2n) is 9.05. The monoisotopic (exact) mass is 427 g/mol. The topological polar surface area (TPSA) is 86.1 Å². The summed E-state index contributed by atoms with van der Waals surface area (Å²) in [5.41, 5.74) is 3.40. The zero-order valence-electron chi connectivity index (χ0n) is 18.0. The minimum Gasteiger partial charge on any atom is -0.492 e. The number of hydrogen-bond donors (Lipinski definition) is 1. The van der Waals surface area contributed by atoms with Crippen LogP contribution in [-0.4, -0.2) is 60.6 Å². The highest BCUT2D eigenvalue weighted by Crippen LogP contribution is 2.44. The van der Waals surface area contributed by atoms with Gasteiger partial charge in [0.05, 0.1) is 50.3 Å². The number of carbonyl (C=O) groups is 1. The highest BCUT2D eigenvalue weighted by Gasteiger charge is 2.40. The SMILES string of the molecule is COC(=O)N1c2ccc(-c3cnn(C4CC4)c3)c(OCC3(CO)COC3)c2CC[C@@H]1C. The molecule has 1 N–H and O–H groups in total. The van der Waals surface area contributed by atoms with Gasteiger partial charge in [-0.05, 0) is 44.7 Å². The van der Waals surface area contributed by atoms with Crippen molar-refractivity contribution < 1.29 is 24.1 Å². The van der Waals surface area contributed by atoms with E-state index >= 15 is 0 Å². The van der Waals surface area contributed by atoms with Gasteiger partial charge in [-0.25, -0.2) is 4.79 Å². The standard InChI is InChI=1S/C23H29N3O5/c1-15-3-6-19-20(26(15)22(28)29-2)8-7-18(16-9-24-25(10-16)17-4-5-17)21(19)31-14-23(11-27)12-30-13-23/h7-10,15,17,27H,3-6,11-14H2,1-2H3/t15-/m0/s1. The van der Waals surface area contributed by atoms with Crippen molar-refractivity contribution in [3.8, 4) is 16.9 Å². The molecule has 0 spiro atoms. The van der Waals surface area contributed by atoms with Crippen molar-refractivity contribution in [3.05, 3.63) is 30.1 Å². The number of ether oxygens (including phenoxy) is 3. The number of amides is 1. The zero-order valence-corrected chi connectivity index (χ0v) is 18.0. The van der Waals surface area contributed by atoms with E-state index in [4.69, 9.17) is 14.2 Å². The van der Waals surface area contributed by atoms with Crippen LogP contribution in [0.2, 0.25) is 0 Å². The Labute approximate surface area is 181 Å². The molecule has 0 radical (unpaired) electrons. The Bertz CT molecular complexity index is 974. The predicted octanol–water partition coefficient (Wildman–Crippen LogP) is 3.18. The number of hydrogen-bond acceptors (Lipinski definition) is 6. The van der Waals surface area contributed by atoms with E-state index in [0.29, 0.717) is 25.9 Å². The third-order valence-corrected chi connectivity index (χ3v) is 6.63. The van der Waals surface area contributed by atoms with Gasteiger partial charge in [0.2, 0.25) is 0 Å². The fraction of sp³-hybridized carbons (Fsp3) is 0.565. The molecule has 3 aliphatic rings. The molecule has 0 bridgehead atoms. The Kier molecular flexibility index (Phi) is 5.14. The van der Waals surface area contributed by atoms with Gasteiger partial charge in [0.25, 0.3) is 0 Å². The molecule has 8 nitrogen and oxygen atoms in total. The number of anilines is 1. The van der Waals surface area contributed by atoms with Gasteiger partial charge in [-0.2, -0.15) is 5.10 Å². The highest BCUT2D eigenvalue weighted by atomic mass is 16.5. The lowest BCUT2D eigenvalue weighted by atomic mass is 9.88. The van der Waals surface area contributed by atoms with Gasteiger partial charge in [-0.3, -0.25) is 9.58 Å². The van der Waals surface area contributed by atoms with Crippen LogP contribution in [0.25, 0.3) is 11.1 Å². The third kappa shape index (κ3) is 3.57. The van der Waals surface area contributed by atoms with Crippen molar-refractivity contribution in [1.29, 1.82) is 0 Å². The van der Waals surface area contributed by atoms with Gasteiger partial charge in [0.15, 0.2) is 0 Å². The molecule has 2 aromatic rings. The smallest absolute Gasteiger partial charge is 0.414 e. The number of fused-ring (bicyclic) bond motifs is 1. The van der Waals surface area contributed by atoms with Gasteiger partial charge in [-0.1, -0.05) is 0 Å². The minimum absolute atomic E-state index is 0.0162. The molecular formula is C23H29N3O5. The van der Waals surface area contributed by atoms with Crippen molar-refractivity contribution in [2.75, 3.05) is 38.4 Å². The van der Waals surface area contributed by atoms with Crippen LogP contribution in [0.15, 0.2) is 24.5 Å². The average molecular weight is 428 g/mol. The van der Waals surface area contributed by atoms with Crippen molar-refractivity contribution in [2.45, 2.75) is 44.7 Å². The summed E-state index contributed by atoms with van der Waals surface area (Å²) < 4.78 is 18.8. The van der Waals surface area contributed by atoms with E-state index in [0.717, 1.165) is 41.0 Å². The number of aromatic nitrogens is 2. The maximum absolute atomic E-state index is 12.5. The van der Waals surface area contributed by atoms with E-state index in [1.807, 2.05) is 29.9 Å². The Morgan fingerprint density at radius 2 is 2.13 bits per heavy atom. The summed E-state index contributed by atoms with van der Waals surface area (Å²) >= 11 is 0. The fourth-order valence-electron chi connectivity index (χ4n) is 4.43. The lowest BCUT2D eigenvalue weighted by molar-refractivity contribution is -0.153. The van der Waals surface area contributed by atoms with Crippen molar-refractivity contribution in [3.63, 3.8) is 0 Å². The van der Waals surface area contributed by atoms with Gasteiger partial charge >= 0.3 is 6.09 Å². The molecular weight excluding hydrogens is 398 g/mol. The summed E-state index contributed by atoms with van der Waals surface area (Å²) in [4.78, 5) is 14.2. The molecule has 1 aromatic heterocycles. The lowest BCUT2D eigenvalue weighted by Crippen LogP contribution is -2.50. The van der Waals surface area contributed by atoms with E-state index in [2.05, 4.69) is 11.3 Å². The van der Waals surface area contributed by atoms with Crippen LogP contribution in [0.3, 0.4) is 0 Å². The second-order valence-corrected chi connectivity index (χ2v) is 9.05. The summed E-state index contributed by atoms with van der Waals surface area (Å²) in [5, 5.41) is 14.4. The van der Waals surface area contributed by atoms with E-state index < -0.39 is 0 Å². The number of rotatable bonds is 6. The fourth-order valence-corrected chi connectivity index (χ4v) is 4.43. The molecule has 2 aliphatic heterocycles. The summed E-state index contributed by atoms with van der Waals surface area (Å²) in [6, 6.07) is 4.52. The number of aliphatic hydroxyl groups is 1. The summed E-state index contributed by atoms with van der Waals surface area (Å²) in [6.07, 6.45) is 7.53. The van der Waals surface area contributed by atoms with Crippen LogP contribution in [0, 0.1) is 5.41 Å². The zero-order chi connectivity index (χ0) is 21.6. The normalized spacial score (nSPS) is 21.9. The first-order valence-electron chi connectivity index (χ1n) is 10.9. The van der Waals surface area contributed by atoms with Crippen LogP contribution in [-0.2, 0) is 15.9 Å².